The van der Waals surface area contributed by atoms with Crippen molar-refractivity contribution in [2.24, 2.45) is 0 Å². The van der Waals surface area contributed by atoms with Crippen LogP contribution in [0.15, 0.2) is 12.3 Å². The Morgan fingerprint density at radius 2 is 2.42 bits per heavy atom. The van der Waals surface area contributed by atoms with Crippen molar-refractivity contribution in [3.05, 3.63) is 18.0 Å². The lowest BCUT2D eigenvalue weighted by Gasteiger charge is -2.25. The van der Waals surface area contributed by atoms with Gasteiger partial charge in [-0.15, -0.1) is 0 Å². The van der Waals surface area contributed by atoms with Crippen LogP contribution in [0.25, 0.3) is 0 Å². The summed E-state index contributed by atoms with van der Waals surface area (Å²) in [4.78, 5) is 13.4. The monoisotopic (exact) mass is 165 g/mol. The molecule has 0 saturated carbocycles. The third kappa shape index (κ3) is 0.913. The zero-order valence-corrected chi connectivity index (χ0v) is 7.03. The van der Waals surface area contributed by atoms with Gasteiger partial charge in [0.05, 0.1) is 6.54 Å². The first-order chi connectivity index (χ1) is 5.83. The van der Waals surface area contributed by atoms with Crippen LogP contribution in [-0.4, -0.2) is 33.7 Å². The molecule has 0 atom stereocenters. The van der Waals surface area contributed by atoms with Gasteiger partial charge in [-0.1, -0.05) is 0 Å². The van der Waals surface area contributed by atoms with Crippen LogP contribution in [0, 0.1) is 0 Å². The van der Waals surface area contributed by atoms with Crippen molar-refractivity contribution in [1.29, 1.82) is 0 Å². The maximum absolute atomic E-state index is 11.6. The van der Waals surface area contributed by atoms with Crippen LogP contribution in [-0.2, 0) is 6.54 Å². The summed E-state index contributed by atoms with van der Waals surface area (Å²) in [7, 11) is 0. The minimum Gasteiger partial charge on any atom is -0.336 e. The number of likely N-dealkylation sites (N-methyl/N-ethyl adjacent to an activating group) is 1. The maximum atomic E-state index is 11.6. The van der Waals surface area contributed by atoms with Gasteiger partial charge in [-0.3, -0.25) is 9.48 Å². The Morgan fingerprint density at radius 3 is 3.17 bits per heavy atom. The molecule has 0 aliphatic carbocycles. The lowest BCUT2D eigenvalue weighted by Crippen LogP contribution is -2.40. The second kappa shape index (κ2) is 2.62. The molecule has 0 bridgehead atoms. The van der Waals surface area contributed by atoms with Crippen LogP contribution >= 0.6 is 0 Å². The van der Waals surface area contributed by atoms with Crippen LogP contribution in [0.3, 0.4) is 0 Å². The molecule has 0 radical (unpaired) electrons. The Balaban J connectivity index is 2.35. The Labute approximate surface area is 70.8 Å². The second-order valence-corrected chi connectivity index (χ2v) is 2.82. The van der Waals surface area contributed by atoms with Gasteiger partial charge in [0.25, 0.3) is 5.91 Å². The maximum Gasteiger partial charge on any atom is 0.272 e. The highest BCUT2D eigenvalue weighted by molar-refractivity contribution is 5.93. The first kappa shape index (κ1) is 7.34. The zero-order chi connectivity index (χ0) is 8.55. The minimum absolute atomic E-state index is 0.0984. The molecule has 0 N–H and O–H groups in total. The number of amides is 1. The number of hydrogen-bond acceptors (Lipinski definition) is 2. The normalized spacial score (nSPS) is 16.4. The third-order valence-electron chi connectivity index (χ3n) is 2.19. The molecule has 0 saturated heterocycles. The molecule has 1 aliphatic rings. The SMILES string of the molecule is CCN1CCn2nccc2C1=O. The summed E-state index contributed by atoms with van der Waals surface area (Å²) in [6.45, 7) is 4.37. The fourth-order valence-electron chi connectivity index (χ4n) is 1.47. The van der Waals surface area contributed by atoms with Crippen LogP contribution in [0.5, 0.6) is 0 Å². The summed E-state index contributed by atoms with van der Waals surface area (Å²) in [6.07, 6.45) is 1.67. The number of carbonyl (C=O) groups is 1. The van der Waals surface area contributed by atoms with E-state index in [9.17, 15) is 4.79 Å². The summed E-state index contributed by atoms with van der Waals surface area (Å²) in [5.41, 5.74) is 0.711. The van der Waals surface area contributed by atoms with E-state index < -0.39 is 0 Å². The predicted octanol–water partition coefficient (Wildman–Crippen LogP) is 0.359. The molecule has 0 aromatic carbocycles. The summed E-state index contributed by atoms with van der Waals surface area (Å²) in [5.74, 6) is 0.0984. The Kier molecular flexibility index (Phi) is 1.60. The third-order valence-corrected chi connectivity index (χ3v) is 2.19. The fraction of sp³-hybridized carbons (Fsp3) is 0.500. The fourth-order valence-corrected chi connectivity index (χ4v) is 1.47. The van der Waals surface area contributed by atoms with Crippen molar-refractivity contribution >= 4 is 5.91 Å². The molecule has 1 aromatic heterocycles. The number of aromatic nitrogens is 2. The van der Waals surface area contributed by atoms with E-state index in [1.165, 1.54) is 0 Å². The second-order valence-electron chi connectivity index (χ2n) is 2.82. The molecule has 12 heavy (non-hydrogen) atoms. The van der Waals surface area contributed by atoms with E-state index in [1.807, 2.05) is 11.8 Å². The van der Waals surface area contributed by atoms with Gasteiger partial charge in [-0.05, 0) is 13.0 Å². The average Bonchev–Trinajstić information content (AvgIpc) is 2.53. The van der Waals surface area contributed by atoms with E-state index in [1.54, 1.807) is 16.9 Å². The summed E-state index contributed by atoms with van der Waals surface area (Å²) < 4.78 is 1.76. The van der Waals surface area contributed by atoms with Gasteiger partial charge in [0, 0.05) is 19.3 Å². The Bertz CT molecular complexity index is 305. The number of carbonyl (C=O) groups excluding carboxylic acids is 1. The van der Waals surface area contributed by atoms with Crippen molar-refractivity contribution in [3.63, 3.8) is 0 Å². The van der Waals surface area contributed by atoms with E-state index in [4.69, 9.17) is 0 Å². The van der Waals surface area contributed by atoms with Crippen LogP contribution < -0.4 is 0 Å². The Hall–Kier alpha value is -1.32. The standard InChI is InChI=1S/C8H11N3O/c1-2-10-5-6-11-7(8(10)12)3-4-9-11/h3-4H,2,5-6H2,1H3. The molecule has 2 rings (SSSR count). The number of rotatable bonds is 1. The van der Waals surface area contributed by atoms with E-state index in [0.717, 1.165) is 19.6 Å². The van der Waals surface area contributed by atoms with Gasteiger partial charge in [0.1, 0.15) is 5.69 Å². The number of hydrogen-bond donors (Lipinski definition) is 0. The summed E-state index contributed by atoms with van der Waals surface area (Å²) in [5, 5.41) is 4.05. The van der Waals surface area contributed by atoms with Crippen molar-refractivity contribution in [3.8, 4) is 0 Å². The minimum atomic E-state index is 0.0984. The molecule has 0 fully saturated rings. The highest BCUT2D eigenvalue weighted by Gasteiger charge is 2.22. The number of nitrogens with zero attached hydrogens (tertiary/aromatic N) is 3. The molecule has 1 amide bonds. The van der Waals surface area contributed by atoms with E-state index in [-0.39, 0.29) is 5.91 Å². The zero-order valence-electron chi connectivity index (χ0n) is 7.03. The van der Waals surface area contributed by atoms with Crippen LogP contribution in [0.2, 0.25) is 0 Å². The first-order valence-corrected chi connectivity index (χ1v) is 4.14. The molecular weight excluding hydrogens is 154 g/mol. The highest BCUT2D eigenvalue weighted by Crippen LogP contribution is 2.09. The van der Waals surface area contributed by atoms with Gasteiger partial charge in [0.2, 0.25) is 0 Å². The first-order valence-electron chi connectivity index (χ1n) is 4.14. The van der Waals surface area contributed by atoms with Gasteiger partial charge in [-0.25, -0.2) is 0 Å². The van der Waals surface area contributed by atoms with Crippen molar-refractivity contribution in [1.82, 2.24) is 14.7 Å². The Morgan fingerprint density at radius 1 is 1.58 bits per heavy atom. The van der Waals surface area contributed by atoms with E-state index in [2.05, 4.69) is 5.10 Å². The quantitative estimate of drug-likeness (QED) is 0.602. The van der Waals surface area contributed by atoms with Crippen LogP contribution in [0.4, 0.5) is 0 Å². The van der Waals surface area contributed by atoms with Crippen LogP contribution in [0.1, 0.15) is 17.4 Å². The molecule has 64 valence electrons. The number of fused-ring (bicyclic) bond motifs is 1. The van der Waals surface area contributed by atoms with Gasteiger partial charge in [-0.2, -0.15) is 5.10 Å². The highest BCUT2D eigenvalue weighted by atomic mass is 16.2. The molecule has 0 spiro atoms. The molecule has 0 unspecified atom stereocenters. The molecular formula is C8H11N3O. The largest absolute Gasteiger partial charge is 0.336 e. The lowest BCUT2D eigenvalue weighted by molar-refractivity contribution is 0.0708. The van der Waals surface area contributed by atoms with Gasteiger partial charge >= 0.3 is 0 Å². The summed E-state index contributed by atoms with van der Waals surface area (Å²) >= 11 is 0. The van der Waals surface area contributed by atoms with Crippen molar-refractivity contribution in [2.45, 2.75) is 13.5 Å². The molecule has 2 heterocycles. The van der Waals surface area contributed by atoms with E-state index >= 15 is 0 Å². The predicted molar refractivity (Wildman–Crippen MR) is 43.8 cm³/mol. The molecule has 4 heteroatoms. The topological polar surface area (TPSA) is 38.1 Å². The molecule has 1 aliphatic heterocycles. The average molecular weight is 165 g/mol. The van der Waals surface area contributed by atoms with Gasteiger partial charge in [0.15, 0.2) is 0 Å². The molecule has 4 nitrogen and oxygen atoms in total. The lowest BCUT2D eigenvalue weighted by atomic mass is 10.3. The molecule has 1 aromatic rings. The van der Waals surface area contributed by atoms with Crippen molar-refractivity contribution in [2.75, 3.05) is 13.1 Å². The smallest absolute Gasteiger partial charge is 0.272 e. The summed E-state index contributed by atoms with van der Waals surface area (Å²) in [6, 6.07) is 1.77. The van der Waals surface area contributed by atoms with Gasteiger partial charge < -0.3 is 4.90 Å². The van der Waals surface area contributed by atoms with E-state index in [0.29, 0.717) is 5.69 Å². The van der Waals surface area contributed by atoms with Crippen molar-refractivity contribution < 1.29 is 4.79 Å².